The van der Waals surface area contributed by atoms with Gasteiger partial charge in [-0.2, -0.15) is 0 Å². The Morgan fingerprint density at radius 3 is 2.10 bits per heavy atom. The zero-order valence-corrected chi connectivity index (χ0v) is 14.6. The third kappa shape index (κ3) is 5.53. The van der Waals surface area contributed by atoms with Crippen molar-refractivity contribution in [1.29, 1.82) is 0 Å². The normalized spacial score (nSPS) is 22.2. The Kier molecular flexibility index (Phi) is 6.45. The molecule has 1 aliphatic carbocycles. The molecule has 5 nitrogen and oxygen atoms in total. The van der Waals surface area contributed by atoms with Crippen molar-refractivity contribution in [3.63, 3.8) is 0 Å². The summed E-state index contributed by atoms with van der Waals surface area (Å²) in [4.78, 5) is 24.1. The lowest BCUT2D eigenvalue weighted by Crippen LogP contribution is -2.36. The van der Waals surface area contributed by atoms with E-state index in [1.165, 1.54) is 0 Å². The van der Waals surface area contributed by atoms with Crippen molar-refractivity contribution >= 4 is 20.3 Å². The number of ether oxygens (including phenoxy) is 2. The summed E-state index contributed by atoms with van der Waals surface area (Å²) < 4.78 is 16.1. The predicted octanol–water partition coefficient (Wildman–Crippen LogP) is 2.87. The maximum absolute atomic E-state index is 12.1. The fourth-order valence-electron chi connectivity index (χ4n) is 2.35. The summed E-state index contributed by atoms with van der Waals surface area (Å²) in [5, 5.41) is 0. The number of hydrogen-bond acceptors (Lipinski definition) is 5. The quantitative estimate of drug-likeness (QED) is 0.557. The molecule has 6 heteroatoms. The molecule has 0 aromatic heterocycles. The Morgan fingerprint density at radius 1 is 1.10 bits per heavy atom. The van der Waals surface area contributed by atoms with E-state index in [4.69, 9.17) is 13.9 Å². The summed E-state index contributed by atoms with van der Waals surface area (Å²) in [5.74, 6) is -0.870. The lowest BCUT2D eigenvalue weighted by molar-refractivity contribution is -0.160. The number of carbonyl (C=O) groups excluding carboxylic acids is 2. The molecule has 0 spiro atoms. The minimum atomic E-state index is -1.73. The molecule has 0 aromatic carbocycles. The highest BCUT2D eigenvalue weighted by molar-refractivity contribution is 6.70. The van der Waals surface area contributed by atoms with E-state index in [0.29, 0.717) is 26.1 Å². The smallest absolute Gasteiger partial charge is 0.310 e. The average molecular weight is 314 g/mol. The zero-order chi connectivity index (χ0) is 16.0. The van der Waals surface area contributed by atoms with Gasteiger partial charge in [0.15, 0.2) is 0 Å². The Morgan fingerprint density at radius 2 is 1.62 bits per heavy atom. The van der Waals surface area contributed by atoms with E-state index in [9.17, 15) is 9.59 Å². The van der Waals surface area contributed by atoms with Gasteiger partial charge in [0.05, 0.1) is 30.8 Å². The number of allylic oxidation sites excluding steroid dienone is 2. The van der Waals surface area contributed by atoms with Gasteiger partial charge >= 0.3 is 11.9 Å². The largest absolute Gasteiger partial charge is 0.548 e. The van der Waals surface area contributed by atoms with Crippen molar-refractivity contribution in [2.45, 2.75) is 46.3 Å². The molecular weight excluding hydrogens is 288 g/mol. The Bertz CT molecular complexity index is 411. The highest BCUT2D eigenvalue weighted by Crippen LogP contribution is 2.33. The second-order valence-electron chi connectivity index (χ2n) is 6.04. The molecule has 21 heavy (non-hydrogen) atoms. The third-order valence-electron chi connectivity index (χ3n) is 3.12. The molecule has 2 atom stereocenters. The Balaban J connectivity index is 2.88. The Hall–Kier alpha value is -1.30. The van der Waals surface area contributed by atoms with Gasteiger partial charge in [0.1, 0.15) is 0 Å². The van der Waals surface area contributed by atoms with E-state index in [1.54, 1.807) is 13.8 Å². The van der Waals surface area contributed by atoms with Gasteiger partial charge in [-0.25, -0.2) is 0 Å². The molecule has 0 radical (unpaired) electrons. The predicted molar refractivity (Wildman–Crippen MR) is 82.0 cm³/mol. The summed E-state index contributed by atoms with van der Waals surface area (Å²) >= 11 is 0. The van der Waals surface area contributed by atoms with Gasteiger partial charge < -0.3 is 13.9 Å². The van der Waals surface area contributed by atoms with Crippen molar-refractivity contribution in [2.75, 3.05) is 13.2 Å². The molecule has 0 bridgehead atoms. The van der Waals surface area contributed by atoms with E-state index in [-0.39, 0.29) is 11.9 Å². The first-order valence-corrected chi connectivity index (χ1v) is 10.9. The first-order valence-electron chi connectivity index (χ1n) is 7.49. The minimum absolute atomic E-state index is 0.304. The first kappa shape index (κ1) is 17.7. The molecule has 1 aliphatic rings. The van der Waals surface area contributed by atoms with Crippen molar-refractivity contribution < 1.29 is 23.5 Å². The molecular formula is C15H26O5Si. The number of carbonyl (C=O) groups is 2. The van der Waals surface area contributed by atoms with Crippen molar-refractivity contribution in [3.8, 4) is 0 Å². The van der Waals surface area contributed by atoms with Crippen LogP contribution < -0.4 is 0 Å². The van der Waals surface area contributed by atoms with E-state index in [0.717, 1.165) is 5.76 Å². The van der Waals surface area contributed by atoms with E-state index in [1.807, 2.05) is 6.08 Å². The summed E-state index contributed by atoms with van der Waals surface area (Å²) in [6.45, 7) is 10.4. The summed E-state index contributed by atoms with van der Waals surface area (Å²) in [5.41, 5.74) is 0. The molecule has 0 unspecified atom stereocenters. The second kappa shape index (κ2) is 7.63. The van der Waals surface area contributed by atoms with Crippen LogP contribution >= 0.6 is 0 Å². The molecule has 0 fully saturated rings. The van der Waals surface area contributed by atoms with Crippen molar-refractivity contribution in [1.82, 2.24) is 0 Å². The summed E-state index contributed by atoms with van der Waals surface area (Å²) in [6, 6.07) is 0. The zero-order valence-electron chi connectivity index (χ0n) is 13.6. The number of hydrogen-bond donors (Lipinski definition) is 0. The Labute approximate surface area is 127 Å². The van der Waals surface area contributed by atoms with Crippen LogP contribution in [0.3, 0.4) is 0 Å². The number of esters is 2. The van der Waals surface area contributed by atoms with Gasteiger partial charge in [-0.1, -0.05) is 0 Å². The van der Waals surface area contributed by atoms with Gasteiger partial charge in [-0.05, 0) is 46.0 Å². The van der Waals surface area contributed by atoms with Crippen LogP contribution in [0.4, 0.5) is 0 Å². The van der Waals surface area contributed by atoms with Crippen LogP contribution in [0.1, 0.15) is 26.7 Å². The van der Waals surface area contributed by atoms with Crippen LogP contribution in [-0.4, -0.2) is 33.5 Å². The molecule has 0 N–H and O–H groups in total. The van der Waals surface area contributed by atoms with Crippen molar-refractivity contribution in [2.24, 2.45) is 11.8 Å². The van der Waals surface area contributed by atoms with Gasteiger partial charge in [-0.3, -0.25) is 9.59 Å². The molecule has 0 aliphatic heterocycles. The van der Waals surface area contributed by atoms with E-state index >= 15 is 0 Å². The monoisotopic (exact) mass is 314 g/mol. The molecule has 0 aromatic rings. The second-order valence-corrected chi connectivity index (χ2v) is 10.5. The molecule has 1 rings (SSSR count). The van der Waals surface area contributed by atoms with Crippen LogP contribution in [0.15, 0.2) is 11.8 Å². The van der Waals surface area contributed by atoms with Crippen LogP contribution in [0, 0.1) is 11.8 Å². The standard InChI is InChI=1S/C15H26O5Si/c1-6-18-14(16)12-9-8-11(20-21(3,4)5)10-13(12)15(17)19-7-2/h8,12-13H,6-7,9-10H2,1-5H3/t12-,13-/m1/s1. The highest BCUT2D eigenvalue weighted by Gasteiger charge is 2.39. The summed E-state index contributed by atoms with van der Waals surface area (Å²) in [6.07, 6.45) is 2.78. The SMILES string of the molecule is CCOC(=O)[C@@H]1CC=C(O[Si](C)(C)C)C[C@H]1C(=O)OCC. The highest BCUT2D eigenvalue weighted by atomic mass is 28.4. The van der Waals surface area contributed by atoms with Crippen LogP contribution in [0.2, 0.25) is 19.6 Å². The topological polar surface area (TPSA) is 61.8 Å². The molecule has 0 heterocycles. The summed E-state index contributed by atoms with van der Waals surface area (Å²) in [7, 11) is -1.73. The van der Waals surface area contributed by atoms with Crippen LogP contribution in [0.25, 0.3) is 0 Å². The van der Waals surface area contributed by atoms with Crippen molar-refractivity contribution in [3.05, 3.63) is 11.8 Å². The van der Waals surface area contributed by atoms with E-state index in [2.05, 4.69) is 19.6 Å². The third-order valence-corrected chi connectivity index (χ3v) is 4.00. The fourth-order valence-corrected chi connectivity index (χ4v) is 3.30. The van der Waals surface area contributed by atoms with Crippen LogP contribution in [-0.2, 0) is 23.5 Å². The van der Waals surface area contributed by atoms with Crippen LogP contribution in [0.5, 0.6) is 0 Å². The molecule has 0 saturated heterocycles. The lowest BCUT2D eigenvalue weighted by atomic mass is 9.82. The number of rotatable bonds is 6. The minimum Gasteiger partial charge on any atom is -0.548 e. The molecule has 0 amide bonds. The fraction of sp³-hybridized carbons (Fsp3) is 0.733. The molecule has 0 saturated carbocycles. The maximum Gasteiger partial charge on any atom is 0.310 e. The lowest BCUT2D eigenvalue weighted by Gasteiger charge is -2.31. The first-order chi connectivity index (χ1) is 9.78. The van der Waals surface area contributed by atoms with E-state index < -0.39 is 20.2 Å². The van der Waals surface area contributed by atoms with Gasteiger partial charge in [0.2, 0.25) is 8.32 Å². The van der Waals surface area contributed by atoms with Gasteiger partial charge in [0, 0.05) is 6.42 Å². The average Bonchev–Trinajstić information content (AvgIpc) is 2.37. The molecule has 120 valence electrons. The van der Waals surface area contributed by atoms with Gasteiger partial charge in [-0.15, -0.1) is 0 Å². The maximum atomic E-state index is 12.1. The van der Waals surface area contributed by atoms with Gasteiger partial charge in [0.25, 0.3) is 0 Å².